The van der Waals surface area contributed by atoms with Gasteiger partial charge in [0.2, 0.25) is 0 Å². The highest BCUT2D eigenvalue weighted by atomic mass is 16.3. The van der Waals surface area contributed by atoms with Crippen LogP contribution in [0.5, 0.6) is 0 Å². The molecule has 1 heterocycles. The average molecular weight is 184 g/mol. The summed E-state index contributed by atoms with van der Waals surface area (Å²) in [6, 6.07) is 0.179. The molecule has 0 aromatic carbocycles. The minimum absolute atomic E-state index is 0.128. The summed E-state index contributed by atoms with van der Waals surface area (Å²) < 4.78 is 1.64. The minimum atomic E-state index is -0.586. The fourth-order valence-corrected chi connectivity index (χ4v) is 1.06. The van der Waals surface area contributed by atoms with Gasteiger partial charge >= 0.3 is 0 Å². The van der Waals surface area contributed by atoms with Crippen molar-refractivity contribution in [2.24, 2.45) is 5.92 Å². The third kappa shape index (κ3) is 2.03. The van der Waals surface area contributed by atoms with Crippen LogP contribution in [0.1, 0.15) is 45.7 Å². The van der Waals surface area contributed by atoms with E-state index in [1.807, 2.05) is 27.7 Å². The molecule has 5 heteroatoms. The predicted molar refractivity (Wildman–Crippen MR) is 48.0 cm³/mol. The van der Waals surface area contributed by atoms with Crippen molar-refractivity contribution in [3.8, 4) is 0 Å². The summed E-state index contributed by atoms with van der Waals surface area (Å²) >= 11 is 0. The van der Waals surface area contributed by atoms with Crippen molar-refractivity contribution in [3.05, 3.63) is 5.82 Å². The van der Waals surface area contributed by atoms with Crippen LogP contribution >= 0.6 is 0 Å². The Morgan fingerprint density at radius 2 is 1.85 bits per heavy atom. The summed E-state index contributed by atoms with van der Waals surface area (Å²) in [6.45, 7) is 7.83. The summed E-state index contributed by atoms with van der Waals surface area (Å²) in [5, 5.41) is 20.9. The van der Waals surface area contributed by atoms with Gasteiger partial charge in [-0.1, -0.05) is 13.8 Å². The molecule has 0 radical (unpaired) electrons. The van der Waals surface area contributed by atoms with Crippen LogP contribution < -0.4 is 0 Å². The first-order chi connectivity index (χ1) is 6.04. The van der Waals surface area contributed by atoms with E-state index in [-0.39, 0.29) is 12.0 Å². The molecule has 5 nitrogen and oxygen atoms in total. The van der Waals surface area contributed by atoms with Crippen LogP contribution in [-0.2, 0) is 0 Å². The number of nitrogens with zero attached hydrogens (tertiary/aromatic N) is 4. The Morgan fingerprint density at radius 3 is 2.31 bits per heavy atom. The van der Waals surface area contributed by atoms with Crippen LogP contribution in [-0.4, -0.2) is 25.3 Å². The number of aliphatic hydroxyl groups excluding tert-OH is 1. The standard InChI is InChI=1S/C8H16N4O/c1-5(2)7(13)8-9-10-11-12(8)6(3)4/h5-7,13H,1-4H3. The van der Waals surface area contributed by atoms with Gasteiger partial charge in [0.25, 0.3) is 0 Å². The topological polar surface area (TPSA) is 63.8 Å². The molecule has 0 amide bonds. The fraction of sp³-hybridized carbons (Fsp3) is 0.875. The van der Waals surface area contributed by atoms with Crippen LogP contribution in [0.25, 0.3) is 0 Å². The lowest BCUT2D eigenvalue weighted by Gasteiger charge is -2.15. The van der Waals surface area contributed by atoms with Crippen LogP contribution in [0, 0.1) is 5.92 Å². The molecule has 1 aromatic heterocycles. The second-order valence-electron chi connectivity index (χ2n) is 3.76. The smallest absolute Gasteiger partial charge is 0.180 e. The Balaban J connectivity index is 2.93. The van der Waals surface area contributed by atoms with Gasteiger partial charge in [-0.05, 0) is 30.2 Å². The minimum Gasteiger partial charge on any atom is -0.385 e. The highest BCUT2D eigenvalue weighted by Crippen LogP contribution is 2.20. The predicted octanol–water partition coefficient (Wildman–Crippen LogP) is 0.943. The molecule has 0 spiro atoms. The lowest BCUT2D eigenvalue weighted by Crippen LogP contribution is -2.15. The van der Waals surface area contributed by atoms with Crippen LogP contribution in [0.4, 0.5) is 0 Å². The van der Waals surface area contributed by atoms with Crippen molar-refractivity contribution >= 4 is 0 Å². The van der Waals surface area contributed by atoms with Gasteiger partial charge in [0.1, 0.15) is 6.10 Å². The maximum atomic E-state index is 9.75. The van der Waals surface area contributed by atoms with Crippen molar-refractivity contribution in [3.63, 3.8) is 0 Å². The molecule has 0 saturated carbocycles. The number of hydrogen-bond acceptors (Lipinski definition) is 4. The van der Waals surface area contributed by atoms with Crippen molar-refractivity contribution in [2.45, 2.75) is 39.8 Å². The molecule has 1 rings (SSSR count). The fourth-order valence-electron chi connectivity index (χ4n) is 1.06. The Labute approximate surface area is 77.8 Å². The molecule has 0 aliphatic rings. The zero-order valence-corrected chi connectivity index (χ0v) is 8.47. The number of hydrogen-bond donors (Lipinski definition) is 1. The number of aliphatic hydroxyl groups is 1. The van der Waals surface area contributed by atoms with Gasteiger partial charge in [-0.2, -0.15) is 0 Å². The second kappa shape index (κ2) is 3.83. The summed E-state index contributed by atoms with van der Waals surface area (Å²) in [4.78, 5) is 0. The van der Waals surface area contributed by atoms with Crippen LogP contribution in [0.3, 0.4) is 0 Å². The lowest BCUT2D eigenvalue weighted by atomic mass is 10.1. The molecule has 1 aromatic rings. The third-order valence-corrected chi connectivity index (χ3v) is 1.90. The first-order valence-corrected chi connectivity index (χ1v) is 4.50. The molecule has 0 aliphatic heterocycles. The van der Waals surface area contributed by atoms with Gasteiger partial charge in [-0.3, -0.25) is 0 Å². The summed E-state index contributed by atoms with van der Waals surface area (Å²) in [5.41, 5.74) is 0. The average Bonchev–Trinajstić information content (AvgIpc) is 2.50. The number of rotatable bonds is 3. The van der Waals surface area contributed by atoms with Gasteiger partial charge in [0, 0.05) is 0 Å². The van der Waals surface area contributed by atoms with Crippen molar-refractivity contribution in [1.82, 2.24) is 20.2 Å². The van der Waals surface area contributed by atoms with E-state index in [0.29, 0.717) is 5.82 Å². The van der Waals surface area contributed by atoms with E-state index in [0.717, 1.165) is 0 Å². The van der Waals surface area contributed by atoms with Gasteiger partial charge in [-0.25, -0.2) is 4.68 Å². The van der Waals surface area contributed by atoms with E-state index in [9.17, 15) is 5.11 Å². The molecule has 0 bridgehead atoms. The van der Waals surface area contributed by atoms with Crippen LogP contribution in [0.2, 0.25) is 0 Å². The zero-order chi connectivity index (χ0) is 10.0. The molecular weight excluding hydrogens is 168 g/mol. The van der Waals surface area contributed by atoms with Gasteiger partial charge in [0.05, 0.1) is 6.04 Å². The Morgan fingerprint density at radius 1 is 1.23 bits per heavy atom. The molecule has 0 fully saturated rings. The number of aromatic nitrogens is 4. The SMILES string of the molecule is CC(C)C(O)c1nnnn1C(C)C. The van der Waals surface area contributed by atoms with E-state index in [2.05, 4.69) is 15.5 Å². The van der Waals surface area contributed by atoms with Gasteiger partial charge in [-0.15, -0.1) is 5.10 Å². The first kappa shape index (κ1) is 10.1. The Kier molecular flexibility index (Phi) is 2.98. The first-order valence-electron chi connectivity index (χ1n) is 4.50. The third-order valence-electron chi connectivity index (χ3n) is 1.90. The van der Waals surface area contributed by atoms with E-state index in [1.165, 1.54) is 0 Å². The Bertz CT molecular complexity index is 269. The summed E-state index contributed by atoms with van der Waals surface area (Å²) in [7, 11) is 0. The van der Waals surface area contributed by atoms with E-state index < -0.39 is 6.10 Å². The lowest BCUT2D eigenvalue weighted by molar-refractivity contribution is 0.110. The van der Waals surface area contributed by atoms with Crippen molar-refractivity contribution in [1.29, 1.82) is 0 Å². The molecule has 1 atom stereocenters. The molecular formula is C8H16N4O. The Hall–Kier alpha value is -0.970. The highest BCUT2D eigenvalue weighted by Gasteiger charge is 2.20. The van der Waals surface area contributed by atoms with Crippen molar-refractivity contribution < 1.29 is 5.11 Å². The molecule has 74 valence electrons. The summed E-state index contributed by atoms with van der Waals surface area (Å²) in [6.07, 6.45) is -0.586. The molecule has 0 saturated heterocycles. The normalized spacial score (nSPS) is 14.1. The van der Waals surface area contributed by atoms with Crippen molar-refractivity contribution in [2.75, 3.05) is 0 Å². The molecule has 1 N–H and O–H groups in total. The van der Waals surface area contributed by atoms with E-state index >= 15 is 0 Å². The monoisotopic (exact) mass is 184 g/mol. The maximum Gasteiger partial charge on any atom is 0.180 e. The van der Waals surface area contributed by atoms with Gasteiger partial charge in [0.15, 0.2) is 5.82 Å². The largest absolute Gasteiger partial charge is 0.385 e. The van der Waals surface area contributed by atoms with E-state index in [4.69, 9.17) is 0 Å². The second-order valence-corrected chi connectivity index (χ2v) is 3.76. The molecule has 0 aliphatic carbocycles. The highest BCUT2D eigenvalue weighted by molar-refractivity contribution is 4.90. The maximum absolute atomic E-state index is 9.75. The molecule has 1 unspecified atom stereocenters. The number of tetrazole rings is 1. The van der Waals surface area contributed by atoms with Gasteiger partial charge < -0.3 is 5.11 Å². The summed E-state index contributed by atoms with van der Waals surface area (Å²) in [5.74, 6) is 0.675. The van der Waals surface area contributed by atoms with E-state index in [1.54, 1.807) is 4.68 Å². The van der Waals surface area contributed by atoms with Crippen LogP contribution in [0.15, 0.2) is 0 Å². The quantitative estimate of drug-likeness (QED) is 0.759. The molecule has 13 heavy (non-hydrogen) atoms. The zero-order valence-electron chi connectivity index (χ0n) is 8.47.